The number of amides is 3. The number of carbonyl (C=O) groups excluding carboxylic acids is 4. The van der Waals surface area contributed by atoms with Crippen LogP contribution in [0.1, 0.15) is 49.7 Å². The molecule has 1 saturated heterocycles. The number of aromatic nitrogens is 1. The van der Waals surface area contributed by atoms with E-state index in [-0.39, 0.29) is 48.6 Å². The van der Waals surface area contributed by atoms with Crippen molar-refractivity contribution < 1.29 is 23.9 Å². The number of carbonyl (C=O) groups is 4. The Morgan fingerprint density at radius 2 is 1.86 bits per heavy atom. The van der Waals surface area contributed by atoms with Gasteiger partial charge < -0.3 is 19.9 Å². The highest BCUT2D eigenvalue weighted by Crippen LogP contribution is 2.21. The van der Waals surface area contributed by atoms with E-state index in [1.807, 2.05) is 19.9 Å². The molecule has 0 unspecified atom stereocenters. The van der Waals surface area contributed by atoms with Gasteiger partial charge in [-0.05, 0) is 45.7 Å². The van der Waals surface area contributed by atoms with Gasteiger partial charge in [0, 0.05) is 30.1 Å². The Balaban J connectivity index is 1.50. The quantitative estimate of drug-likeness (QED) is 0.530. The number of nitrogens with one attached hydrogen (secondary N) is 1. The lowest BCUT2D eigenvalue weighted by Crippen LogP contribution is -2.42. The van der Waals surface area contributed by atoms with Gasteiger partial charge in [-0.1, -0.05) is 18.2 Å². The number of thiazole rings is 1. The minimum Gasteiger partial charge on any atom is -0.466 e. The van der Waals surface area contributed by atoms with Gasteiger partial charge in [0.2, 0.25) is 11.8 Å². The predicted octanol–water partition coefficient (Wildman–Crippen LogP) is 2.98. The molecule has 1 N–H and O–H groups in total. The molecule has 9 nitrogen and oxygen atoms in total. The normalized spacial score (nSPS) is 14.0. The molecule has 35 heavy (non-hydrogen) atoms. The number of benzene rings is 1. The van der Waals surface area contributed by atoms with E-state index in [0.29, 0.717) is 48.9 Å². The molecule has 0 bridgehead atoms. The molecule has 0 aliphatic carbocycles. The summed E-state index contributed by atoms with van der Waals surface area (Å²) in [6, 6.07) is 8.68. The molecular weight excluding hydrogens is 468 g/mol. The van der Waals surface area contributed by atoms with Crippen LogP contribution in [0.15, 0.2) is 35.7 Å². The molecule has 0 saturated carbocycles. The monoisotopic (exact) mass is 500 g/mol. The van der Waals surface area contributed by atoms with Crippen LogP contribution in [0.5, 0.6) is 0 Å². The van der Waals surface area contributed by atoms with Crippen molar-refractivity contribution in [1.82, 2.24) is 14.8 Å². The Hall–Kier alpha value is -3.27. The summed E-state index contributed by atoms with van der Waals surface area (Å²) in [4.78, 5) is 57.6. The number of anilines is 1. The maximum atomic E-state index is 12.8. The summed E-state index contributed by atoms with van der Waals surface area (Å²) >= 11 is 1.24. The number of rotatable bonds is 9. The molecule has 1 fully saturated rings. The summed E-state index contributed by atoms with van der Waals surface area (Å²) < 4.78 is 5.07. The number of ether oxygens (including phenoxy) is 1. The first kappa shape index (κ1) is 26.3. The maximum Gasteiger partial charge on any atom is 0.309 e. The molecule has 2 aromatic rings. The van der Waals surface area contributed by atoms with Gasteiger partial charge in [-0.15, -0.1) is 11.3 Å². The van der Waals surface area contributed by atoms with E-state index < -0.39 is 0 Å². The molecule has 0 atom stereocenters. The summed E-state index contributed by atoms with van der Waals surface area (Å²) in [7, 11) is 0. The molecule has 2 heterocycles. The summed E-state index contributed by atoms with van der Waals surface area (Å²) in [5, 5.41) is 4.86. The van der Waals surface area contributed by atoms with Gasteiger partial charge in [0.05, 0.1) is 24.6 Å². The average molecular weight is 501 g/mol. The zero-order valence-electron chi connectivity index (χ0n) is 20.4. The molecule has 1 aliphatic rings. The molecule has 0 radical (unpaired) electrons. The maximum absolute atomic E-state index is 12.8. The van der Waals surface area contributed by atoms with Gasteiger partial charge in [0.15, 0.2) is 5.13 Å². The van der Waals surface area contributed by atoms with Crippen LogP contribution in [0.25, 0.3) is 0 Å². The van der Waals surface area contributed by atoms with Crippen LogP contribution >= 0.6 is 11.3 Å². The zero-order valence-corrected chi connectivity index (χ0v) is 21.2. The Kier molecular flexibility index (Phi) is 9.36. The van der Waals surface area contributed by atoms with E-state index in [1.165, 1.54) is 16.2 Å². The minimum atomic E-state index is -0.351. The van der Waals surface area contributed by atoms with E-state index in [4.69, 9.17) is 4.74 Å². The van der Waals surface area contributed by atoms with Crippen molar-refractivity contribution in [3.05, 3.63) is 47.0 Å². The van der Waals surface area contributed by atoms with E-state index in [1.54, 1.807) is 41.5 Å². The van der Waals surface area contributed by atoms with Gasteiger partial charge in [0.1, 0.15) is 6.54 Å². The van der Waals surface area contributed by atoms with E-state index in [9.17, 15) is 19.2 Å². The van der Waals surface area contributed by atoms with E-state index in [0.717, 1.165) is 0 Å². The summed E-state index contributed by atoms with van der Waals surface area (Å²) in [5.41, 5.74) is 1.10. The summed E-state index contributed by atoms with van der Waals surface area (Å²) in [5.74, 6) is -0.973. The smallest absolute Gasteiger partial charge is 0.309 e. The second kappa shape index (κ2) is 12.4. The Morgan fingerprint density at radius 3 is 2.49 bits per heavy atom. The molecule has 1 aliphatic heterocycles. The first-order valence-corrected chi connectivity index (χ1v) is 12.7. The largest absolute Gasteiger partial charge is 0.466 e. The summed E-state index contributed by atoms with van der Waals surface area (Å²) in [6.45, 7) is 6.78. The third-order valence-corrected chi connectivity index (χ3v) is 6.62. The van der Waals surface area contributed by atoms with Crippen LogP contribution in [0.4, 0.5) is 5.13 Å². The number of hydrogen-bond acceptors (Lipinski definition) is 7. The topological polar surface area (TPSA) is 109 Å². The zero-order chi connectivity index (χ0) is 25.4. The van der Waals surface area contributed by atoms with E-state index >= 15 is 0 Å². The molecule has 1 aromatic carbocycles. The van der Waals surface area contributed by atoms with Crippen molar-refractivity contribution in [2.24, 2.45) is 5.92 Å². The molecular formula is C25H32N4O5S. The van der Waals surface area contributed by atoms with Gasteiger partial charge in [-0.2, -0.15) is 0 Å². The van der Waals surface area contributed by atoms with Crippen molar-refractivity contribution in [3.63, 3.8) is 0 Å². The van der Waals surface area contributed by atoms with Crippen LogP contribution in [0.2, 0.25) is 0 Å². The molecule has 10 heteroatoms. The molecule has 188 valence electrons. The molecule has 3 rings (SSSR count). The second-order valence-corrected chi connectivity index (χ2v) is 9.53. The van der Waals surface area contributed by atoms with E-state index in [2.05, 4.69) is 10.3 Å². The number of nitrogens with zero attached hydrogens (tertiary/aromatic N) is 3. The van der Waals surface area contributed by atoms with Crippen LogP contribution < -0.4 is 5.32 Å². The highest BCUT2D eigenvalue weighted by Gasteiger charge is 2.28. The third kappa shape index (κ3) is 7.35. The second-order valence-electron chi connectivity index (χ2n) is 8.67. The third-order valence-electron chi connectivity index (χ3n) is 5.82. The summed E-state index contributed by atoms with van der Waals surface area (Å²) in [6.07, 6.45) is 1.31. The molecule has 0 spiro atoms. The van der Waals surface area contributed by atoms with Gasteiger partial charge in [-0.25, -0.2) is 4.98 Å². The van der Waals surface area contributed by atoms with Crippen molar-refractivity contribution in [2.45, 2.75) is 46.1 Å². The number of hydrogen-bond donors (Lipinski definition) is 1. The fourth-order valence-corrected chi connectivity index (χ4v) is 4.61. The fraction of sp³-hybridized carbons (Fsp3) is 0.480. The Labute approximate surface area is 209 Å². The van der Waals surface area contributed by atoms with Crippen LogP contribution in [-0.2, 0) is 25.5 Å². The van der Waals surface area contributed by atoms with Gasteiger partial charge in [0.25, 0.3) is 5.91 Å². The van der Waals surface area contributed by atoms with Crippen molar-refractivity contribution in [2.75, 3.05) is 31.6 Å². The van der Waals surface area contributed by atoms with Gasteiger partial charge >= 0.3 is 5.97 Å². The van der Waals surface area contributed by atoms with Crippen molar-refractivity contribution >= 4 is 40.2 Å². The first-order chi connectivity index (χ1) is 16.8. The van der Waals surface area contributed by atoms with Crippen LogP contribution in [0, 0.1) is 5.92 Å². The number of esters is 1. The Bertz CT molecular complexity index is 1030. The van der Waals surface area contributed by atoms with Crippen LogP contribution in [0.3, 0.4) is 0 Å². The highest BCUT2D eigenvalue weighted by molar-refractivity contribution is 7.13. The van der Waals surface area contributed by atoms with Crippen molar-refractivity contribution in [3.8, 4) is 0 Å². The lowest BCUT2D eigenvalue weighted by atomic mass is 9.97. The number of likely N-dealkylation sites (tertiary alicyclic amines) is 1. The highest BCUT2D eigenvalue weighted by atomic mass is 32.1. The first-order valence-electron chi connectivity index (χ1n) is 11.8. The average Bonchev–Trinajstić information content (AvgIpc) is 3.29. The molecule has 1 aromatic heterocycles. The predicted molar refractivity (Wildman–Crippen MR) is 133 cm³/mol. The standard InChI is InChI=1S/C25H32N4O5S/c1-4-34-24(33)19-10-12-28(13-11-19)22(31)14-20-16-35-25(26-20)27-21(30)15-29(17(2)3)23(32)18-8-6-5-7-9-18/h5-9,16-17,19H,4,10-15H2,1-3H3,(H,26,27,30). The van der Waals surface area contributed by atoms with Gasteiger partial charge in [-0.3, -0.25) is 19.2 Å². The Morgan fingerprint density at radius 1 is 1.17 bits per heavy atom. The fourth-order valence-electron chi connectivity index (χ4n) is 3.89. The molecule has 3 amide bonds. The van der Waals surface area contributed by atoms with Crippen molar-refractivity contribution in [1.29, 1.82) is 0 Å². The SMILES string of the molecule is CCOC(=O)C1CCN(C(=O)Cc2csc(NC(=O)CN(C(=O)c3ccccc3)C(C)C)n2)CC1. The number of piperidine rings is 1. The van der Waals surface area contributed by atoms with Crippen LogP contribution in [-0.4, -0.2) is 70.8 Å². The lowest BCUT2D eigenvalue weighted by Gasteiger charge is -2.30. The lowest BCUT2D eigenvalue weighted by molar-refractivity contribution is -0.151. The minimum absolute atomic E-state index is 0.0603.